The van der Waals surface area contributed by atoms with Gasteiger partial charge in [0.25, 0.3) is 0 Å². The molecule has 0 aromatic heterocycles. The number of halogens is 1. The van der Waals surface area contributed by atoms with Crippen molar-refractivity contribution in [2.45, 2.75) is 25.7 Å². The van der Waals surface area contributed by atoms with Crippen LogP contribution in [0.4, 0.5) is 11.4 Å². The van der Waals surface area contributed by atoms with Crippen LogP contribution >= 0.6 is 12.4 Å². The predicted molar refractivity (Wildman–Crippen MR) is 97.1 cm³/mol. The van der Waals surface area contributed by atoms with E-state index in [-0.39, 0.29) is 30.5 Å². The molecule has 0 spiro atoms. The molecular formula is C15H24ClN3O4S. The highest BCUT2D eigenvalue weighted by Gasteiger charge is 2.24. The second kappa shape index (κ2) is 9.10. The molecule has 1 saturated heterocycles. The Kier molecular flexibility index (Phi) is 7.78. The van der Waals surface area contributed by atoms with Crippen molar-refractivity contribution in [2.75, 3.05) is 37.0 Å². The van der Waals surface area contributed by atoms with Crippen molar-refractivity contribution in [1.82, 2.24) is 4.31 Å². The lowest BCUT2D eigenvalue weighted by atomic mass is 10.2. The van der Waals surface area contributed by atoms with Gasteiger partial charge in [0.15, 0.2) is 0 Å². The van der Waals surface area contributed by atoms with E-state index in [0.29, 0.717) is 36.6 Å². The summed E-state index contributed by atoms with van der Waals surface area (Å²) in [5.74, 6) is 0.316. The molecule has 0 aliphatic carbocycles. The van der Waals surface area contributed by atoms with E-state index in [2.05, 4.69) is 5.32 Å². The minimum Gasteiger partial charge on any atom is -0.495 e. The molecule has 3 N–H and O–H groups in total. The van der Waals surface area contributed by atoms with E-state index in [0.717, 1.165) is 12.8 Å². The molecule has 7 nitrogen and oxygen atoms in total. The van der Waals surface area contributed by atoms with Gasteiger partial charge in [-0.2, -0.15) is 0 Å². The van der Waals surface area contributed by atoms with E-state index in [1.54, 1.807) is 18.2 Å². The Balaban J connectivity index is 0.00000288. The van der Waals surface area contributed by atoms with Gasteiger partial charge in [0.2, 0.25) is 15.9 Å². The Labute approximate surface area is 149 Å². The number of nitrogen functional groups attached to an aromatic ring is 1. The van der Waals surface area contributed by atoms with E-state index in [1.165, 1.54) is 11.4 Å². The molecule has 1 aromatic carbocycles. The number of rotatable bonds is 7. The molecule has 0 atom stereocenters. The van der Waals surface area contributed by atoms with Crippen LogP contribution in [0.2, 0.25) is 0 Å². The van der Waals surface area contributed by atoms with Gasteiger partial charge in [-0.3, -0.25) is 4.79 Å². The van der Waals surface area contributed by atoms with Crippen LogP contribution < -0.4 is 15.8 Å². The summed E-state index contributed by atoms with van der Waals surface area (Å²) in [5, 5.41) is 2.71. The SMILES string of the molecule is COc1ccc(NC(=O)CCCS(=O)(=O)N2CCCC2)cc1N.Cl. The molecule has 0 saturated carbocycles. The van der Waals surface area contributed by atoms with Crippen LogP contribution in [0.15, 0.2) is 18.2 Å². The first-order chi connectivity index (χ1) is 10.9. The molecule has 1 aromatic rings. The fraction of sp³-hybridized carbons (Fsp3) is 0.533. The van der Waals surface area contributed by atoms with Crippen LogP contribution in [0.3, 0.4) is 0 Å². The Hall–Kier alpha value is -1.51. The third-order valence-electron chi connectivity index (χ3n) is 3.78. The molecule has 1 heterocycles. The summed E-state index contributed by atoms with van der Waals surface area (Å²) in [6, 6.07) is 4.97. The van der Waals surface area contributed by atoms with E-state index in [4.69, 9.17) is 10.5 Å². The maximum absolute atomic E-state index is 12.1. The van der Waals surface area contributed by atoms with Gasteiger partial charge < -0.3 is 15.8 Å². The molecule has 0 unspecified atom stereocenters. The van der Waals surface area contributed by atoms with Gasteiger partial charge in [0, 0.05) is 25.2 Å². The molecule has 24 heavy (non-hydrogen) atoms. The molecule has 1 aliphatic rings. The normalized spacial score (nSPS) is 14.9. The molecule has 0 radical (unpaired) electrons. The smallest absolute Gasteiger partial charge is 0.224 e. The lowest BCUT2D eigenvalue weighted by Crippen LogP contribution is -2.30. The highest BCUT2D eigenvalue weighted by atomic mass is 35.5. The first kappa shape index (κ1) is 20.5. The lowest BCUT2D eigenvalue weighted by Gasteiger charge is -2.15. The molecule has 1 aliphatic heterocycles. The van der Waals surface area contributed by atoms with E-state index in [9.17, 15) is 13.2 Å². The quantitative estimate of drug-likeness (QED) is 0.706. The summed E-state index contributed by atoms with van der Waals surface area (Å²) >= 11 is 0. The zero-order valence-electron chi connectivity index (χ0n) is 13.7. The van der Waals surface area contributed by atoms with Crippen molar-refractivity contribution in [3.05, 3.63) is 18.2 Å². The van der Waals surface area contributed by atoms with Gasteiger partial charge in [0.05, 0.1) is 18.6 Å². The van der Waals surface area contributed by atoms with Crippen LogP contribution in [0.1, 0.15) is 25.7 Å². The van der Waals surface area contributed by atoms with Crippen LogP contribution in [0.25, 0.3) is 0 Å². The maximum Gasteiger partial charge on any atom is 0.224 e. The van der Waals surface area contributed by atoms with Gasteiger partial charge in [-0.25, -0.2) is 12.7 Å². The maximum atomic E-state index is 12.1. The minimum absolute atomic E-state index is 0. The molecule has 1 fully saturated rings. The zero-order valence-corrected chi connectivity index (χ0v) is 15.3. The van der Waals surface area contributed by atoms with E-state index < -0.39 is 10.0 Å². The number of nitrogens with two attached hydrogens (primary N) is 1. The molecule has 0 bridgehead atoms. The van der Waals surface area contributed by atoms with Crippen molar-refractivity contribution in [2.24, 2.45) is 0 Å². The first-order valence-electron chi connectivity index (χ1n) is 7.63. The molecule has 2 rings (SSSR count). The van der Waals surface area contributed by atoms with Crippen LogP contribution in [0.5, 0.6) is 5.75 Å². The van der Waals surface area contributed by atoms with E-state index >= 15 is 0 Å². The van der Waals surface area contributed by atoms with Gasteiger partial charge in [0.1, 0.15) is 5.75 Å². The summed E-state index contributed by atoms with van der Waals surface area (Å²) in [6.45, 7) is 1.19. The number of hydrogen-bond donors (Lipinski definition) is 2. The number of anilines is 2. The van der Waals surface area contributed by atoms with Crippen LogP contribution in [-0.4, -0.2) is 44.6 Å². The predicted octanol–water partition coefficient (Wildman–Crippen LogP) is 1.84. The second-order valence-electron chi connectivity index (χ2n) is 5.53. The number of carbonyl (C=O) groups excluding carboxylic acids is 1. The Bertz CT molecular complexity index is 661. The number of sulfonamides is 1. The summed E-state index contributed by atoms with van der Waals surface area (Å²) in [6.07, 6.45) is 2.28. The number of carbonyl (C=O) groups is 1. The summed E-state index contributed by atoms with van der Waals surface area (Å²) in [7, 11) is -1.71. The number of amides is 1. The Morgan fingerprint density at radius 2 is 2.00 bits per heavy atom. The standard InChI is InChI=1S/C15H23N3O4S.ClH/c1-22-14-7-6-12(11-13(14)16)17-15(19)5-4-10-23(20,21)18-8-2-3-9-18;/h6-7,11H,2-5,8-10,16H2,1H3,(H,17,19);1H. The summed E-state index contributed by atoms with van der Waals surface area (Å²) < 4.78 is 30.7. The lowest BCUT2D eigenvalue weighted by molar-refractivity contribution is -0.116. The molecule has 1 amide bonds. The number of ether oxygens (including phenoxy) is 1. The van der Waals surface area contributed by atoms with Crippen molar-refractivity contribution in [3.63, 3.8) is 0 Å². The first-order valence-corrected chi connectivity index (χ1v) is 9.24. The van der Waals surface area contributed by atoms with Crippen molar-refractivity contribution in [3.8, 4) is 5.75 Å². The topological polar surface area (TPSA) is 102 Å². The Morgan fingerprint density at radius 3 is 2.58 bits per heavy atom. The minimum atomic E-state index is -3.23. The van der Waals surface area contributed by atoms with Crippen molar-refractivity contribution >= 4 is 39.7 Å². The largest absolute Gasteiger partial charge is 0.495 e. The molecule has 9 heteroatoms. The van der Waals surface area contributed by atoms with Crippen LogP contribution in [0, 0.1) is 0 Å². The van der Waals surface area contributed by atoms with Gasteiger partial charge in [-0.1, -0.05) is 0 Å². The summed E-state index contributed by atoms with van der Waals surface area (Å²) in [5.41, 5.74) is 6.77. The number of methoxy groups -OCH3 is 1. The zero-order chi connectivity index (χ0) is 16.9. The Morgan fingerprint density at radius 1 is 1.33 bits per heavy atom. The number of hydrogen-bond acceptors (Lipinski definition) is 5. The van der Waals surface area contributed by atoms with Crippen molar-refractivity contribution < 1.29 is 17.9 Å². The second-order valence-corrected chi connectivity index (χ2v) is 7.62. The number of benzene rings is 1. The van der Waals surface area contributed by atoms with Gasteiger partial charge in [-0.05, 0) is 37.5 Å². The number of nitrogens with one attached hydrogen (secondary N) is 1. The average Bonchev–Trinajstić information content (AvgIpc) is 3.02. The molecular weight excluding hydrogens is 354 g/mol. The third kappa shape index (κ3) is 5.54. The summed E-state index contributed by atoms with van der Waals surface area (Å²) in [4.78, 5) is 11.9. The van der Waals surface area contributed by atoms with E-state index in [1.807, 2.05) is 0 Å². The van der Waals surface area contributed by atoms with Crippen molar-refractivity contribution in [1.29, 1.82) is 0 Å². The van der Waals surface area contributed by atoms with Gasteiger partial charge >= 0.3 is 0 Å². The van der Waals surface area contributed by atoms with Gasteiger partial charge in [-0.15, -0.1) is 12.4 Å². The fourth-order valence-electron chi connectivity index (χ4n) is 2.55. The fourth-order valence-corrected chi connectivity index (χ4v) is 4.13. The highest BCUT2D eigenvalue weighted by Crippen LogP contribution is 2.24. The average molecular weight is 378 g/mol. The van der Waals surface area contributed by atoms with Crippen LogP contribution in [-0.2, 0) is 14.8 Å². The molecule has 136 valence electrons. The monoisotopic (exact) mass is 377 g/mol. The third-order valence-corrected chi connectivity index (χ3v) is 5.73. The highest BCUT2D eigenvalue weighted by molar-refractivity contribution is 7.89. The number of nitrogens with zero attached hydrogens (tertiary/aromatic N) is 1.